The van der Waals surface area contributed by atoms with Crippen LogP contribution in [-0.2, 0) is 4.79 Å². The molecule has 0 saturated heterocycles. The Labute approximate surface area is 229 Å². The molecule has 11 heteroatoms. The summed E-state index contributed by atoms with van der Waals surface area (Å²) in [5, 5.41) is 19.0. The van der Waals surface area contributed by atoms with Crippen molar-refractivity contribution in [2.24, 2.45) is 0 Å². The number of nitro groups is 1. The fourth-order valence-corrected chi connectivity index (χ4v) is 5.63. The number of rotatable bonds is 6. The van der Waals surface area contributed by atoms with Crippen molar-refractivity contribution < 1.29 is 33.4 Å². The number of allylic oxidation sites excluding steroid dienone is 1. The van der Waals surface area contributed by atoms with Crippen LogP contribution < -0.4 is 34.3 Å². The fraction of sp³-hybridized carbons (Fsp3) is 0.276. The maximum atomic E-state index is 14.0. The Morgan fingerprint density at radius 2 is 1.60 bits per heavy atom. The number of anilines is 2. The number of hydrogen-bond donors (Lipinski definition) is 2. The first-order valence-electron chi connectivity index (χ1n) is 12.7. The van der Waals surface area contributed by atoms with Crippen molar-refractivity contribution >= 4 is 22.8 Å². The van der Waals surface area contributed by atoms with Crippen LogP contribution in [0.3, 0.4) is 0 Å². The van der Waals surface area contributed by atoms with Crippen LogP contribution in [0.15, 0.2) is 59.8 Å². The molecule has 2 N–H and O–H groups in total. The second-order valence-corrected chi connectivity index (χ2v) is 9.65. The second kappa shape index (κ2) is 9.99. The van der Waals surface area contributed by atoms with E-state index < -0.39 is 11.0 Å². The molecular formula is C29H27N3O8. The van der Waals surface area contributed by atoms with E-state index in [2.05, 4.69) is 10.6 Å². The third-order valence-corrected chi connectivity index (χ3v) is 7.50. The molecule has 1 aliphatic carbocycles. The summed E-state index contributed by atoms with van der Waals surface area (Å²) < 4.78 is 27.5. The third-order valence-electron chi connectivity index (χ3n) is 7.50. The van der Waals surface area contributed by atoms with Crippen molar-refractivity contribution in [1.29, 1.82) is 0 Å². The second-order valence-electron chi connectivity index (χ2n) is 9.65. The van der Waals surface area contributed by atoms with Crippen LogP contribution in [0.5, 0.6) is 28.7 Å². The Kier molecular flexibility index (Phi) is 6.33. The molecule has 206 valence electrons. The van der Waals surface area contributed by atoms with Crippen LogP contribution in [0, 0.1) is 10.1 Å². The number of fused-ring (bicyclic) bond motifs is 2. The molecule has 0 bridgehead atoms. The van der Waals surface area contributed by atoms with Crippen LogP contribution in [0.1, 0.15) is 35.9 Å². The molecule has 3 aliphatic rings. The van der Waals surface area contributed by atoms with Gasteiger partial charge in [-0.2, -0.15) is 0 Å². The van der Waals surface area contributed by atoms with Crippen molar-refractivity contribution in [3.63, 3.8) is 0 Å². The van der Waals surface area contributed by atoms with Gasteiger partial charge in [0, 0.05) is 17.7 Å². The number of benzene rings is 3. The molecule has 0 spiro atoms. The molecule has 2 atom stereocenters. The van der Waals surface area contributed by atoms with Gasteiger partial charge in [-0.1, -0.05) is 12.1 Å². The molecule has 0 fully saturated rings. The zero-order valence-electron chi connectivity index (χ0n) is 22.1. The molecule has 11 nitrogen and oxygen atoms in total. The largest absolute Gasteiger partial charge is 0.493 e. The predicted molar refractivity (Wildman–Crippen MR) is 146 cm³/mol. The predicted octanol–water partition coefficient (Wildman–Crippen LogP) is 5.33. The Hall–Kier alpha value is -4.93. The minimum atomic E-state index is -0.797. The van der Waals surface area contributed by atoms with E-state index in [1.165, 1.54) is 13.2 Å². The van der Waals surface area contributed by atoms with E-state index in [1.807, 2.05) is 36.4 Å². The number of nitro benzene ring substituents is 1. The highest BCUT2D eigenvalue weighted by molar-refractivity contribution is 6.01. The quantitative estimate of drug-likeness (QED) is 0.310. The van der Waals surface area contributed by atoms with Gasteiger partial charge in [0.25, 0.3) is 5.69 Å². The number of ketones is 1. The van der Waals surface area contributed by atoms with Crippen molar-refractivity contribution in [2.75, 3.05) is 38.8 Å². The minimum Gasteiger partial charge on any atom is -0.493 e. The maximum absolute atomic E-state index is 14.0. The molecule has 40 heavy (non-hydrogen) atoms. The summed E-state index contributed by atoms with van der Waals surface area (Å²) in [7, 11) is 4.63. The first-order valence-corrected chi connectivity index (χ1v) is 12.7. The van der Waals surface area contributed by atoms with Gasteiger partial charge in [0.05, 0.1) is 55.3 Å². The van der Waals surface area contributed by atoms with E-state index >= 15 is 0 Å². The van der Waals surface area contributed by atoms with Gasteiger partial charge >= 0.3 is 0 Å². The maximum Gasteiger partial charge on any atom is 0.279 e. The monoisotopic (exact) mass is 545 g/mol. The van der Waals surface area contributed by atoms with Gasteiger partial charge in [-0.25, -0.2) is 0 Å². The highest BCUT2D eigenvalue weighted by Gasteiger charge is 2.40. The van der Waals surface area contributed by atoms with E-state index in [-0.39, 0.29) is 30.6 Å². The van der Waals surface area contributed by atoms with Crippen molar-refractivity contribution in [3.8, 4) is 28.7 Å². The summed E-state index contributed by atoms with van der Waals surface area (Å²) in [5.74, 6) is 1.83. The van der Waals surface area contributed by atoms with E-state index in [1.54, 1.807) is 20.3 Å². The summed E-state index contributed by atoms with van der Waals surface area (Å²) in [6, 6.07) is 13.4. The summed E-state index contributed by atoms with van der Waals surface area (Å²) in [4.78, 5) is 25.7. The van der Waals surface area contributed by atoms with Crippen LogP contribution in [0.25, 0.3) is 0 Å². The molecule has 6 rings (SSSR count). The van der Waals surface area contributed by atoms with Gasteiger partial charge in [0.1, 0.15) is 0 Å². The molecule has 0 amide bonds. The van der Waals surface area contributed by atoms with Gasteiger partial charge < -0.3 is 34.3 Å². The van der Waals surface area contributed by atoms with Crippen LogP contribution in [0.2, 0.25) is 0 Å². The first kappa shape index (κ1) is 25.4. The third kappa shape index (κ3) is 4.19. The topological polar surface area (TPSA) is 130 Å². The Morgan fingerprint density at radius 3 is 2.25 bits per heavy atom. The number of nitrogens with zero attached hydrogens (tertiary/aromatic N) is 1. The lowest BCUT2D eigenvalue weighted by Crippen LogP contribution is -2.27. The lowest BCUT2D eigenvalue weighted by Gasteiger charge is -2.30. The smallest absolute Gasteiger partial charge is 0.279 e. The number of carbonyl (C=O) groups is 1. The molecule has 3 aromatic rings. The molecule has 0 aromatic heterocycles. The van der Waals surface area contributed by atoms with Crippen molar-refractivity contribution in [3.05, 3.63) is 81.0 Å². The summed E-state index contributed by atoms with van der Waals surface area (Å²) in [6.07, 6.45) is 0.663. The van der Waals surface area contributed by atoms with Gasteiger partial charge in [0.2, 0.25) is 12.5 Å². The van der Waals surface area contributed by atoms with Crippen LogP contribution in [-0.4, -0.2) is 38.8 Å². The van der Waals surface area contributed by atoms with E-state index in [4.69, 9.17) is 23.7 Å². The molecule has 2 heterocycles. The lowest BCUT2D eigenvalue weighted by molar-refractivity contribution is -0.385. The Bertz CT molecular complexity index is 1540. The highest BCUT2D eigenvalue weighted by atomic mass is 16.7. The Morgan fingerprint density at radius 1 is 0.925 bits per heavy atom. The van der Waals surface area contributed by atoms with E-state index in [9.17, 15) is 14.9 Å². The summed E-state index contributed by atoms with van der Waals surface area (Å²) in [5.41, 5.74) is 3.62. The van der Waals surface area contributed by atoms with Crippen LogP contribution in [0.4, 0.5) is 17.1 Å². The zero-order chi connectivity index (χ0) is 28.0. The molecular weight excluding hydrogens is 518 g/mol. The van der Waals surface area contributed by atoms with Gasteiger partial charge in [0.15, 0.2) is 28.8 Å². The number of ether oxygens (including phenoxy) is 5. The number of nitrogens with one attached hydrogen (secondary N) is 2. The average molecular weight is 546 g/mol. The number of para-hydroxylation sites is 2. The number of Topliss-reactive ketones (excluding diaryl/α,β-unsaturated/α-hetero) is 1. The van der Waals surface area contributed by atoms with Gasteiger partial charge in [-0.15, -0.1) is 0 Å². The Balaban J connectivity index is 1.49. The van der Waals surface area contributed by atoms with Crippen LogP contribution >= 0.6 is 0 Å². The molecule has 0 radical (unpaired) electrons. The fourth-order valence-electron chi connectivity index (χ4n) is 5.63. The standard InChI is InChI=1S/C29H27N3O8/c1-36-25-10-16(11-26(37-2)29(25)38-3)15-8-20-27(22(33)9-15)28(31-19-7-5-4-6-18(19)30-20)17-12-23-24(40-14-39-23)13-21(17)32(34)35/h4-7,10-13,15,28,30-31H,8-9,14H2,1-3H3/t15-,28-/m1/s1. The lowest BCUT2D eigenvalue weighted by atomic mass is 9.78. The molecule has 2 aliphatic heterocycles. The number of methoxy groups -OCH3 is 3. The zero-order valence-corrected chi connectivity index (χ0v) is 22.1. The normalized spacial score (nSPS) is 19.0. The van der Waals surface area contributed by atoms with Crippen molar-refractivity contribution in [2.45, 2.75) is 24.8 Å². The van der Waals surface area contributed by atoms with Gasteiger partial charge in [-0.3, -0.25) is 14.9 Å². The van der Waals surface area contributed by atoms with Gasteiger partial charge in [-0.05, 0) is 48.2 Å². The minimum absolute atomic E-state index is 0.0260. The van der Waals surface area contributed by atoms with Crippen molar-refractivity contribution in [1.82, 2.24) is 0 Å². The average Bonchev–Trinajstić information content (AvgIpc) is 3.35. The van der Waals surface area contributed by atoms with E-state index in [0.29, 0.717) is 57.7 Å². The first-order chi connectivity index (χ1) is 19.4. The SMILES string of the molecule is COc1cc([C@H]2CC(=O)C3=C(C2)Nc2ccccc2N[C@@H]3c2cc3c(cc2[N+](=O)[O-])OCO3)cc(OC)c1OC. The summed E-state index contributed by atoms with van der Waals surface area (Å²) >= 11 is 0. The van der Waals surface area contributed by atoms with E-state index in [0.717, 1.165) is 11.3 Å². The number of carbonyl (C=O) groups excluding carboxylic acids is 1. The highest BCUT2D eigenvalue weighted by Crippen LogP contribution is 2.49. The number of hydrogen-bond acceptors (Lipinski definition) is 10. The molecule has 0 saturated carbocycles. The molecule has 3 aromatic carbocycles. The summed E-state index contributed by atoms with van der Waals surface area (Å²) in [6.45, 7) is -0.0260. The molecule has 0 unspecified atom stereocenters.